The molecule has 0 aliphatic heterocycles. The van der Waals surface area contributed by atoms with Gasteiger partial charge in [-0.3, -0.25) is 4.79 Å². The van der Waals surface area contributed by atoms with Crippen LogP contribution in [0, 0.1) is 28.6 Å². The molecule has 3 rings (SSSR count). The van der Waals surface area contributed by atoms with E-state index >= 15 is 0 Å². The number of hydrogen-bond acceptors (Lipinski definition) is 1. The van der Waals surface area contributed by atoms with Gasteiger partial charge in [-0.2, -0.15) is 0 Å². The van der Waals surface area contributed by atoms with Gasteiger partial charge in [0.25, 0.3) is 0 Å². The number of carbonyl (C=O) groups excluding carboxylic acids is 1. The standard InChI is InChI=1S/C14H22O/c1-9-4-5-12-13(2,3)10-8-14(9,12)7-6-11(10)15/h9-10,12H,4-8H2,1-3H3/t9-,10+,12+,14+/m1/s1. The molecule has 3 aliphatic rings. The van der Waals surface area contributed by atoms with Crippen LogP contribution in [-0.4, -0.2) is 5.78 Å². The highest BCUT2D eigenvalue weighted by Crippen LogP contribution is 2.70. The third-order valence-electron chi connectivity index (χ3n) is 6.17. The number of carbonyl (C=O) groups is 1. The van der Waals surface area contributed by atoms with E-state index in [9.17, 15) is 4.79 Å². The summed E-state index contributed by atoms with van der Waals surface area (Å²) in [5, 5.41) is 0. The number of rotatable bonds is 0. The van der Waals surface area contributed by atoms with Crippen molar-refractivity contribution in [3.8, 4) is 0 Å². The Balaban J connectivity index is 2.08. The summed E-state index contributed by atoms with van der Waals surface area (Å²) in [6, 6.07) is 0. The lowest BCUT2D eigenvalue weighted by Crippen LogP contribution is -2.31. The minimum atomic E-state index is 0.290. The molecule has 3 aliphatic carbocycles. The van der Waals surface area contributed by atoms with Crippen LogP contribution in [0.2, 0.25) is 0 Å². The molecule has 1 heteroatoms. The molecule has 0 aromatic carbocycles. The molecule has 0 aromatic rings. The fourth-order valence-corrected chi connectivity index (χ4v) is 5.26. The van der Waals surface area contributed by atoms with Gasteiger partial charge in [-0.1, -0.05) is 20.8 Å². The normalized spacial score (nSPS) is 51.9. The molecule has 1 nitrogen and oxygen atoms in total. The first-order valence-corrected chi connectivity index (χ1v) is 6.51. The van der Waals surface area contributed by atoms with Crippen LogP contribution in [0.25, 0.3) is 0 Å². The zero-order valence-electron chi connectivity index (χ0n) is 10.2. The third kappa shape index (κ3) is 0.976. The van der Waals surface area contributed by atoms with Crippen molar-refractivity contribution < 1.29 is 4.79 Å². The molecule has 0 heterocycles. The predicted octanol–water partition coefficient (Wildman–Crippen LogP) is 3.43. The molecule has 0 amide bonds. The van der Waals surface area contributed by atoms with Crippen LogP contribution in [0.15, 0.2) is 0 Å². The van der Waals surface area contributed by atoms with Gasteiger partial charge < -0.3 is 0 Å². The second kappa shape index (κ2) is 2.67. The highest BCUT2D eigenvalue weighted by atomic mass is 16.1. The van der Waals surface area contributed by atoms with E-state index in [4.69, 9.17) is 0 Å². The molecule has 0 aromatic heterocycles. The molecular formula is C14H22O. The molecular weight excluding hydrogens is 184 g/mol. The summed E-state index contributed by atoms with van der Waals surface area (Å²) in [6.07, 6.45) is 6.05. The lowest BCUT2D eigenvalue weighted by molar-refractivity contribution is -0.127. The summed E-state index contributed by atoms with van der Waals surface area (Å²) in [7, 11) is 0. The van der Waals surface area contributed by atoms with Gasteiger partial charge in [-0.15, -0.1) is 0 Å². The van der Waals surface area contributed by atoms with Crippen LogP contribution in [0.1, 0.15) is 52.9 Å². The average molecular weight is 206 g/mol. The number of hydrogen-bond donors (Lipinski definition) is 0. The first-order valence-electron chi connectivity index (χ1n) is 6.51. The van der Waals surface area contributed by atoms with Crippen molar-refractivity contribution in [2.45, 2.75) is 52.9 Å². The molecule has 84 valence electrons. The molecule has 0 saturated heterocycles. The highest BCUT2D eigenvalue weighted by molar-refractivity contribution is 5.83. The van der Waals surface area contributed by atoms with Gasteiger partial charge in [-0.05, 0) is 48.3 Å². The van der Waals surface area contributed by atoms with E-state index in [2.05, 4.69) is 20.8 Å². The Morgan fingerprint density at radius 1 is 1.27 bits per heavy atom. The van der Waals surface area contributed by atoms with Crippen LogP contribution in [0.3, 0.4) is 0 Å². The quantitative estimate of drug-likeness (QED) is 0.593. The summed E-state index contributed by atoms with van der Waals surface area (Å²) in [5.41, 5.74) is 0.848. The van der Waals surface area contributed by atoms with Crippen LogP contribution in [0.5, 0.6) is 0 Å². The first kappa shape index (κ1) is 9.86. The molecule has 1 spiro atoms. The Labute approximate surface area is 92.6 Å². The highest BCUT2D eigenvalue weighted by Gasteiger charge is 2.65. The van der Waals surface area contributed by atoms with E-state index in [1.165, 1.54) is 25.7 Å². The summed E-state index contributed by atoms with van der Waals surface area (Å²) < 4.78 is 0. The zero-order valence-corrected chi connectivity index (χ0v) is 10.2. The van der Waals surface area contributed by atoms with E-state index in [1.54, 1.807) is 0 Å². The maximum Gasteiger partial charge on any atom is 0.136 e. The lowest BCUT2D eigenvalue weighted by atomic mass is 9.67. The van der Waals surface area contributed by atoms with Gasteiger partial charge in [0.1, 0.15) is 5.78 Å². The van der Waals surface area contributed by atoms with E-state index in [0.29, 0.717) is 22.5 Å². The van der Waals surface area contributed by atoms with Crippen molar-refractivity contribution in [3.05, 3.63) is 0 Å². The van der Waals surface area contributed by atoms with Crippen LogP contribution in [-0.2, 0) is 4.79 Å². The molecule has 0 radical (unpaired) electrons. The van der Waals surface area contributed by atoms with Gasteiger partial charge in [0, 0.05) is 12.3 Å². The average Bonchev–Trinajstić information content (AvgIpc) is 2.57. The molecule has 3 saturated carbocycles. The Bertz CT molecular complexity index is 317. The monoisotopic (exact) mass is 206 g/mol. The minimum Gasteiger partial charge on any atom is -0.299 e. The van der Waals surface area contributed by atoms with Crippen molar-refractivity contribution in [1.82, 2.24) is 0 Å². The minimum absolute atomic E-state index is 0.290. The summed E-state index contributed by atoms with van der Waals surface area (Å²) in [5.74, 6) is 2.64. The fraction of sp³-hybridized carbons (Fsp3) is 0.929. The summed E-state index contributed by atoms with van der Waals surface area (Å²) in [6.45, 7) is 7.13. The van der Waals surface area contributed by atoms with Crippen LogP contribution in [0.4, 0.5) is 0 Å². The van der Waals surface area contributed by atoms with Crippen molar-refractivity contribution in [2.24, 2.45) is 28.6 Å². The molecule has 3 fully saturated rings. The van der Waals surface area contributed by atoms with Crippen molar-refractivity contribution in [3.63, 3.8) is 0 Å². The van der Waals surface area contributed by atoms with Crippen LogP contribution < -0.4 is 0 Å². The maximum absolute atomic E-state index is 12.0. The molecule has 4 atom stereocenters. The predicted molar refractivity (Wildman–Crippen MR) is 60.5 cm³/mol. The Hall–Kier alpha value is -0.330. The Morgan fingerprint density at radius 3 is 2.73 bits per heavy atom. The number of ketones is 1. The lowest BCUT2D eigenvalue weighted by Gasteiger charge is -2.37. The number of fused-ring (bicyclic) bond motifs is 1. The van der Waals surface area contributed by atoms with E-state index in [1.807, 2.05) is 0 Å². The van der Waals surface area contributed by atoms with E-state index in [-0.39, 0.29) is 0 Å². The van der Waals surface area contributed by atoms with Crippen molar-refractivity contribution >= 4 is 5.78 Å². The van der Waals surface area contributed by atoms with Gasteiger partial charge in [-0.25, -0.2) is 0 Å². The second-order valence-corrected chi connectivity index (χ2v) is 6.81. The first-order chi connectivity index (χ1) is 6.98. The molecule has 2 bridgehead atoms. The van der Waals surface area contributed by atoms with Crippen molar-refractivity contribution in [2.75, 3.05) is 0 Å². The summed E-state index contributed by atoms with van der Waals surface area (Å²) in [4.78, 5) is 12.0. The van der Waals surface area contributed by atoms with Gasteiger partial charge in [0.05, 0.1) is 0 Å². The maximum atomic E-state index is 12.0. The van der Waals surface area contributed by atoms with Gasteiger partial charge >= 0.3 is 0 Å². The second-order valence-electron chi connectivity index (χ2n) is 6.81. The molecule has 0 N–H and O–H groups in total. The smallest absolute Gasteiger partial charge is 0.136 e. The van der Waals surface area contributed by atoms with Crippen LogP contribution >= 0.6 is 0 Å². The largest absolute Gasteiger partial charge is 0.299 e. The van der Waals surface area contributed by atoms with E-state index in [0.717, 1.165) is 18.3 Å². The third-order valence-corrected chi connectivity index (χ3v) is 6.17. The van der Waals surface area contributed by atoms with E-state index < -0.39 is 0 Å². The van der Waals surface area contributed by atoms with Gasteiger partial charge in [0.2, 0.25) is 0 Å². The summed E-state index contributed by atoms with van der Waals surface area (Å²) >= 11 is 0. The van der Waals surface area contributed by atoms with Crippen molar-refractivity contribution in [1.29, 1.82) is 0 Å². The number of Topliss-reactive ketones (excluding diaryl/α,β-unsaturated/α-hetero) is 1. The Kier molecular flexibility index (Phi) is 1.76. The SMILES string of the molecule is C[C@@H]1CC[C@H]2C(C)(C)[C@H]3C[C@@]12CCC3=O. The zero-order chi connectivity index (χ0) is 10.8. The molecule has 0 unspecified atom stereocenters. The molecule has 15 heavy (non-hydrogen) atoms. The Morgan fingerprint density at radius 2 is 2.00 bits per heavy atom. The topological polar surface area (TPSA) is 17.1 Å². The van der Waals surface area contributed by atoms with Gasteiger partial charge in [0.15, 0.2) is 0 Å². The fourth-order valence-electron chi connectivity index (χ4n) is 5.26.